The van der Waals surface area contributed by atoms with Gasteiger partial charge < -0.3 is 15.2 Å². The number of amides is 2. The van der Waals surface area contributed by atoms with E-state index in [1.165, 1.54) is 11.8 Å². The standard InChI is InChI=1S/C23H25BrClN5O2S/c1-14(2)12-19(27-22(32)17-6-4-5-7-18(17)25)21-28-29-23(30(21)3)33-13-20(31)26-16-10-8-15(24)9-11-16/h4-11,14,19H,12-13H2,1-3H3,(H,26,31)(H,27,32)/t19-/m0/s1. The first-order valence-electron chi connectivity index (χ1n) is 10.4. The van der Waals surface area contributed by atoms with E-state index in [4.69, 9.17) is 11.6 Å². The zero-order valence-corrected chi connectivity index (χ0v) is 21.7. The van der Waals surface area contributed by atoms with Crippen molar-refractivity contribution in [3.8, 4) is 0 Å². The van der Waals surface area contributed by atoms with E-state index in [-0.39, 0.29) is 23.6 Å². The number of anilines is 1. The third-order valence-corrected chi connectivity index (χ3v) is 6.65. The van der Waals surface area contributed by atoms with Crippen LogP contribution in [0, 0.1) is 5.92 Å². The number of carbonyl (C=O) groups excluding carboxylic acids is 2. The van der Waals surface area contributed by atoms with E-state index in [2.05, 4.69) is 50.6 Å². The fraction of sp³-hybridized carbons (Fsp3) is 0.304. The zero-order valence-electron chi connectivity index (χ0n) is 18.5. The highest BCUT2D eigenvalue weighted by Crippen LogP contribution is 2.25. The molecule has 3 aromatic rings. The Morgan fingerprint density at radius 1 is 1.12 bits per heavy atom. The third kappa shape index (κ3) is 7.06. The van der Waals surface area contributed by atoms with Crippen LogP contribution in [0.25, 0.3) is 0 Å². The predicted molar refractivity (Wildman–Crippen MR) is 136 cm³/mol. The average molecular weight is 551 g/mol. The summed E-state index contributed by atoms with van der Waals surface area (Å²) in [5, 5.41) is 15.4. The van der Waals surface area contributed by atoms with Crippen LogP contribution in [0.1, 0.15) is 42.5 Å². The number of nitrogens with one attached hydrogen (secondary N) is 2. The molecule has 0 spiro atoms. The Balaban J connectivity index is 1.68. The molecule has 0 fully saturated rings. The van der Waals surface area contributed by atoms with Gasteiger partial charge in [-0.2, -0.15) is 0 Å². The highest BCUT2D eigenvalue weighted by atomic mass is 79.9. The molecule has 2 amide bonds. The van der Waals surface area contributed by atoms with E-state index >= 15 is 0 Å². The highest BCUT2D eigenvalue weighted by molar-refractivity contribution is 9.10. The van der Waals surface area contributed by atoms with Crippen LogP contribution in [-0.4, -0.2) is 32.3 Å². The van der Waals surface area contributed by atoms with Crippen molar-refractivity contribution >= 4 is 56.8 Å². The molecule has 1 heterocycles. The van der Waals surface area contributed by atoms with E-state index in [0.717, 1.165) is 10.2 Å². The van der Waals surface area contributed by atoms with Crippen molar-refractivity contribution in [1.82, 2.24) is 20.1 Å². The Morgan fingerprint density at radius 3 is 2.48 bits per heavy atom. The van der Waals surface area contributed by atoms with Crippen molar-refractivity contribution < 1.29 is 9.59 Å². The smallest absolute Gasteiger partial charge is 0.253 e. The first-order valence-corrected chi connectivity index (χ1v) is 12.5. The summed E-state index contributed by atoms with van der Waals surface area (Å²) in [6.07, 6.45) is 0.677. The molecule has 33 heavy (non-hydrogen) atoms. The summed E-state index contributed by atoms with van der Waals surface area (Å²) in [6.45, 7) is 4.15. The number of hydrogen-bond acceptors (Lipinski definition) is 5. The highest BCUT2D eigenvalue weighted by Gasteiger charge is 2.24. The fourth-order valence-corrected chi connectivity index (χ4v) is 4.40. The lowest BCUT2D eigenvalue weighted by Gasteiger charge is -2.20. The van der Waals surface area contributed by atoms with Crippen LogP contribution in [0.15, 0.2) is 58.2 Å². The number of thioether (sulfide) groups is 1. The van der Waals surface area contributed by atoms with E-state index < -0.39 is 0 Å². The molecule has 0 unspecified atom stereocenters. The van der Waals surface area contributed by atoms with Crippen LogP contribution in [0.2, 0.25) is 5.02 Å². The number of rotatable bonds is 9. The largest absolute Gasteiger partial charge is 0.342 e. The molecule has 0 saturated carbocycles. The monoisotopic (exact) mass is 549 g/mol. The second-order valence-electron chi connectivity index (χ2n) is 7.88. The Morgan fingerprint density at radius 2 is 1.82 bits per heavy atom. The summed E-state index contributed by atoms with van der Waals surface area (Å²) >= 11 is 10.8. The van der Waals surface area contributed by atoms with Gasteiger partial charge in [-0.15, -0.1) is 10.2 Å². The van der Waals surface area contributed by atoms with Crippen molar-refractivity contribution in [2.45, 2.75) is 31.5 Å². The van der Waals surface area contributed by atoms with Crippen molar-refractivity contribution in [3.63, 3.8) is 0 Å². The number of aromatic nitrogens is 3. The Bertz CT molecular complexity index is 1120. The van der Waals surface area contributed by atoms with Crippen LogP contribution >= 0.6 is 39.3 Å². The fourth-order valence-electron chi connectivity index (χ4n) is 3.20. The van der Waals surface area contributed by atoms with Crippen LogP contribution in [0.4, 0.5) is 5.69 Å². The molecule has 2 aromatic carbocycles. The van der Waals surface area contributed by atoms with E-state index in [1.807, 2.05) is 35.9 Å². The molecule has 174 valence electrons. The number of carbonyl (C=O) groups is 2. The quantitative estimate of drug-likeness (QED) is 0.345. The number of nitrogens with zero attached hydrogens (tertiary/aromatic N) is 3. The van der Waals surface area contributed by atoms with Gasteiger partial charge in [0.1, 0.15) is 0 Å². The second-order valence-corrected chi connectivity index (χ2v) is 10.1. The van der Waals surface area contributed by atoms with Gasteiger partial charge >= 0.3 is 0 Å². The molecule has 7 nitrogen and oxygen atoms in total. The Labute approximate surface area is 210 Å². The Hall–Kier alpha value is -2.36. The summed E-state index contributed by atoms with van der Waals surface area (Å²) in [5.74, 6) is 0.712. The van der Waals surface area contributed by atoms with E-state index in [0.29, 0.717) is 33.9 Å². The normalized spacial score (nSPS) is 11.9. The average Bonchev–Trinajstić information content (AvgIpc) is 3.13. The summed E-state index contributed by atoms with van der Waals surface area (Å²) in [6, 6.07) is 14.0. The van der Waals surface area contributed by atoms with Gasteiger partial charge in [0.25, 0.3) is 5.91 Å². The van der Waals surface area contributed by atoms with Crippen LogP contribution < -0.4 is 10.6 Å². The number of hydrogen-bond donors (Lipinski definition) is 2. The first-order chi connectivity index (χ1) is 15.7. The van der Waals surface area contributed by atoms with Crippen molar-refractivity contribution in [3.05, 3.63) is 69.4 Å². The van der Waals surface area contributed by atoms with Gasteiger partial charge in [-0.05, 0) is 48.7 Å². The molecule has 2 N–H and O–H groups in total. The molecule has 1 atom stereocenters. The lowest BCUT2D eigenvalue weighted by molar-refractivity contribution is -0.113. The van der Waals surface area contributed by atoms with Gasteiger partial charge in [-0.1, -0.05) is 65.3 Å². The number of benzene rings is 2. The maximum atomic E-state index is 12.8. The third-order valence-electron chi connectivity index (χ3n) is 4.77. The molecule has 0 radical (unpaired) electrons. The molecular formula is C23H25BrClN5O2S. The molecule has 1 aromatic heterocycles. The minimum Gasteiger partial charge on any atom is -0.342 e. The topological polar surface area (TPSA) is 88.9 Å². The maximum Gasteiger partial charge on any atom is 0.253 e. The Kier molecular flexibility index (Phi) is 8.94. The molecular weight excluding hydrogens is 526 g/mol. The summed E-state index contributed by atoms with van der Waals surface area (Å²) in [7, 11) is 1.83. The molecule has 0 aliphatic heterocycles. The molecule has 0 aliphatic rings. The van der Waals surface area contributed by atoms with E-state index in [1.54, 1.807) is 24.3 Å². The lowest BCUT2D eigenvalue weighted by atomic mass is 10.0. The van der Waals surface area contributed by atoms with Gasteiger partial charge in [0.05, 0.1) is 22.4 Å². The second kappa shape index (κ2) is 11.7. The minimum absolute atomic E-state index is 0.141. The van der Waals surface area contributed by atoms with Crippen molar-refractivity contribution in [1.29, 1.82) is 0 Å². The summed E-state index contributed by atoms with van der Waals surface area (Å²) < 4.78 is 2.76. The summed E-state index contributed by atoms with van der Waals surface area (Å²) in [4.78, 5) is 25.2. The van der Waals surface area contributed by atoms with Gasteiger partial charge in [-0.3, -0.25) is 9.59 Å². The van der Waals surface area contributed by atoms with Gasteiger partial charge in [0.15, 0.2) is 11.0 Å². The van der Waals surface area contributed by atoms with E-state index in [9.17, 15) is 9.59 Å². The molecule has 0 aliphatic carbocycles. The number of halogens is 2. The molecule has 3 rings (SSSR count). The molecule has 0 saturated heterocycles. The molecule has 10 heteroatoms. The van der Waals surface area contributed by atoms with Crippen LogP contribution in [0.5, 0.6) is 0 Å². The maximum absolute atomic E-state index is 12.8. The first kappa shape index (κ1) is 25.3. The van der Waals surface area contributed by atoms with Crippen LogP contribution in [0.3, 0.4) is 0 Å². The SMILES string of the molecule is CC(C)C[C@H](NC(=O)c1ccccc1Cl)c1nnc(SCC(=O)Nc2ccc(Br)cc2)n1C. The van der Waals surface area contributed by atoms with Crippen LogP contribution in [-0.2, 0) is 11.8 Å². The molecule has 0 bridgehead atoms. The van der Waals surface area contributed by atoms with Crippen molar-refractivity contribution in [2.75, 3.05) is 11.1 Å². The predicted octanol–water partition coefficient (Wildman–Crippen LogP) is 5.48. The van der Waals surface area contributed by atoms with Gasteiger partial charge in [0.2, 0.25) is 5.91 Å². The van der Waals surface area contributed by atoms with Gasteiger partial charge in [0, 0.05) is 17.2 Å². The van der Waals surface area contributed by atoms with Gasteiger partial charge in [-0.25, -0.2) is 0 Å². The van der Waals surface area contributed by atoms with Crippen molar-refractivity contribution in [2.24, 2.45) is 13.0 Å². The minimum atomic E-state index is -0.350. The summed E-state index contributed by atoms with van der Waals surface area (Å²) in [5.41, 5.74) is 1.14. The lowest BCUT2D eigenvalue weighted by Crippen LogP contribution is -2.31. The zero-order chi connectivity index (χ0) is 24.0.